The first kappa shape index (κ1) is 15.1. The molecule has 0 radical (unpaired) electrons. The Morgan fingerprint density at radius 2 is 1.50 bits per heavy atom. The van der Waals surface area contributed by atoms with E-state index < -0.39 is 21.7 Å². The number of benzene rings is 2. The van der Waals surface area contributed by atoms with E-state index in [2.05, 4.69) is 0 Å². The molecule has 1 aliphatic heterocycles. The van der Waals surface area contributed by atoms with Gasteiger partial charge in [-0.1, -0.05) is 48.5 Å². The highest BCUT2D eigenvalue weighted by molar-refractivity contribution is 7.89. The number of nitrogens with zero attached hydrogens (tertiary/aromatic N) is 1. The van der Waals surface area contributed by atoms with Crippen LogP contribution >= 0.6 is 0 Å². The zero-order valence-corrected chi connectivity index (χ0v) is 12.3. The van der Waals surface area contributed by atoms with Gasteiger partial charge in [0, 0.05) is 12.6 Å². The highest BCUT2D eigenvalue weighted by Crippen LogP contribution is 2.55. The molecule has 1 atom stereocenters. The van der Waals surface area contributed by atoms with Gasteiger partial charge in [-0.05, 0) is 11.6 Å². The van der Waals surface area contributed by atoms with Gasteiger partial charge in [-0.15, -0.1) is 0 Å². The van der Waals surface area contributed by atoms with Crippen molar-refractivity contribution >= 4 is 10.0 Å². The Hall–Kier alpha value is -1.86. The first-order valence-corrected chi connectivity index (χ1v) is 7.89. The predicted molar refractivity (Wildman–Crippen MR) is 74.7 cm³/mol. The Morgan fingerprint density at radius 3 is 2.09 bits per heavy atom. The van der Waals surface area contributed by atoms with Crippen molar-refractivity contribution in [1.82, 2.24) is 4.31 Å². The summed E-state index contributed by atoms with van der Waals surface area (Å²) in [7, 11) is -3.24. The van der Waals surface area contributed by atoms with Crippen molar-refractivity contribution in [3.63, 3.8) is 0 Å². The van der Waals surface area contributed by atoms with Crippen LogP contribution in [0.5, 0.6) is 0 Å². The monoisotopic (exact) mass is 327 g/mol. The van der Waals surface area contributed by atoms with E-state index in [9.17, 15) is 21.6 Å². The molecule has 116 valence electrons. The van der Waals surface area contributed by atoms with Crippen molar-refractivity contribution < 1.29 is 21.6 Å². The van der Waals surface area contributed by atoms with Crippen LogP contribution in [-0.2, 0) is 15.6 Å². The molecule has 0 bridgehead atoms. The van der Waals surface area contributed by atoms with E-state index >= 15 is 0 Å². The maximum Gasteiger partial charge on any atom is 0.416 e. The standard InChI is InChI=1S/C15H12F3NO2S/c1-19-14(15(16,17)18,11-7-3-2-4-8-11)12-9-5-6-10-13(12)22(19,20)21/h2-10H,1H3. The molecule has 22 heavy (non-hydrogen) atoms. The van der Waals surface area contributed by atoms with Crippen LogP contribution in [0, 0.1) is 0 Å². The molecule has 1 aliphatic rings. The minimum absolute atomic E-state index is 0.126. The smallest absolute Gasteiger partial charge is 0.207 e. The molecule has 0 amide bonds. The Kier molecular flexibility index (Phi) is 3.12. The zero-order valence-electron chi connectivity index (χ0n) is 11.5. The van der Waals surface area contributed by atoms with Crippen molar-refractivity contribution in [3.8, 4) is 0 Å². The first-order valence-electron chi connectivity index (χ1n) is 6.45. The lowest BCUT2D eigenvalue weighted by Gasteiger charge is -2.37. The largest absolute Gasteiger partial charge is 0.416 e. The van der Waals surface area contributed by atoms with Crippen LogP contribution < -0.4 is 0 Å². The van der Waals surface area contributed by atoms with Gasteiger partial charge in [0.15, 0.2) is 5.54 Å². The average Bonchev–Trinajstić information content (AvgIpc) is 2.66. The lowest BCUT2D eigenvalue weighted by molar-refractivity contribution is -0.202. The predicted octanol–water partition coefficient (Wildman–Crippen LogP) is 3.13. The Morgan fingerprint density at radius 1 is 0.955 bits per heavy atom. The number of alkyl halides is 3. The molecule has 1 heterocycles. The maximum absolute atomic E-state index is 14.1. The number of fused-ring (bicyclic) bond motifs is 1. The van der Waals surface area contributed by atoms with Crippen molar-refractivity contribution in [2.24, 2.45) is 0 Å². The van der Waals surface area contributed by atoms with Gasteiger partial charge in [0.25, 0.3) is 0 Å². The summed E-state index contributed by atoms with van der Waals surface area (Å²) in [5.41, 5.74) is -3.10. The van der Waals surface area contributed by atoms with E-state index in [4.69, 9.17) is 0 Å². The molecule has 0 spiro atoms. The van der Waals surface area contributed by atoms with Crippen molar-refractivity contribution in [3.05, 3.63) is 65.7 Å². The quantitative estimate of drug-likeness (QED) is 0.807. The van der Waals surface area contributed by atoms with Gasteiger partial charge < -0.3 is 0 Å². The van der Waals surface area contributed by atoms with Crippen LogP contribution in [0.2, 0.25) is 0 Å². The Labute approximate surface area is 126 Å². The SMILES string of the molecule is CN1C(c2ccccc2)(C(F)(F)F)c2ccccc2S1(=O)=O. The van der Waals surface area contributed by atoms with Gasteiger partial charge in [-0.3, -0.25) is 0 Å². The molecule has 3 rings (SSSR count). The fourth-order valence-electron chi connectivity index (χ4n) is 3.00. The van der Waals surface area contributed by atoms with Gasteiger partial charge in [0.1, 0.15) is 0 Å². The number of halogens is 3. The molecule has 0 fully saturated rings. The molecular weight excluding hydrogens is 315 g/mol. The van der Waals surface area contributed by atoms with Gasteiger partial charge in [0.2, 0.25) is 10.0 Å². The van der Waals surface area contributed by atoms with Gasteiger partial charge in [0.05, 0.1) is 4.90 Å². The third-order valence-electron chi connectivity index (χ3n) is 3.99. The Balaban J connectivity index is 2.48. The van der Waals surface area contributed by atoms with E-state index in [-0.39, 0.29) is 16.0 Å². The van der Waals surface area contributed by atoms with Crippen LogP contribution in [0.1, 0.15) is 11.1 Å². The van der Waals surface area contributed by atoms with Crippen LogP contribution in [0.3, 0.4) is 0 Å². The maximum atomic E-state index is 14.1. The third-order valence-corrected chi connectivity index (χ3v) is 5.90. The van der Waals surface area contributed by atoms with Crippen LogP contribution in [-0.4, -0.2) is 25.9 Å². The number of rotatable bonds is 1. The van der Waals surface area contributed by atoms with E-state index in [1.54, 1.807) is 6.07 Å². The van der Waals surface area contributed by atoms with E-state index in [1.807, 2.05) is 0 Å². The van der Waals surface area contributed by atoms with Crippen LogP contribution in [0.15, 0.2) is 59.5 Å². The molecule has 2 aromatic carbocycles. The third kappa shape index (κ3) is 1.69. The first-order chi connectivity index (χ1) is 10.2. The van der Waals surface area contributed by atoms with E-state index in [0.717, 1.165) is 7.05 Å². The summed E-state index contributed by atoms with van der Waals surface area (Å²) in [6.07, 6.45) is -4.80. The minimum Gasteiger partial charge on any atom is -0.207 e. The summed E-state index contributed by atoms with van der Waals surface area (Å²) < 4.78 is 67.5. The number of sulfonamides is 1. The molecule has 2 aromatic rings. The van der Waals surface area contributed by atoms with Crippen molar-refractivity contribution in [2.45, 2.75) is 16.6 Å². The number of hydrogen-bond donors (Lipinski definition) is 0. The molecule has 0 aliphatic carbocycles. The highest BCUT2D eigenvalue weighted by Gasteiger charge is 2.67. The summed E-state index contributed by atoms with van der Waals surface area (Å²) in [5, 5.41) is 0. The van der Waals surface area contributed by atoms with E-state index in [1.165, 1.54) is 48.5 Å². The molecule has 0 N–H and O–H groups in total. The molecule has 0 aromatic heterocycles. The lowest BCUT2D eigenvalue weighted by Crippen LogP contribution is -2.53. The van der Waals surface area contributed by atoms with Gasteiger partial charge in [-0.25, -0.2) is 8.42 Å². The second-order valence-electron chi connectivity index (χ2n) is 5.04. The second kappa shape index (κ2) is 4.57. The zero-order chi connectivity index (χ0) is 16.2. The van der Waals surface area contributed by atoms with Crippen LogP contribution in [0.25, 0.3) is 0 Å². The lowest BCUT2D eigenvalue weighted by atomic mass is 9.82. The van der Waals surface area contributed by atoms with Gasteiger partial charge in [-0.2, -0.15) is 17.5 Å². The second-order valence-corrected chi connectivity index (χ2v) is 6.98. The molecule has 3 nitrogen and oxygen atoms in total. The highest BCUT2D eigenvalue weighted by atomic mass is 32.2. The molecule has 7 heteroatoms. The van der Waals surface area contributed by atoms with Crippen LogP contribution in [0.4, 0.5) is 13.2 Å². The summed E-state index contributed by atoms with van der Waals surface area (Å²) >= 11 is 0. The summed E-state index contributed by atoms with van der Waals surface area (Å²) in [4.78, 5) is -0.307. The minimum atomic E-state index is -4.80. The molecule has 0 saturated heterocycles. The molecule has 0 saturated carbocycles. The topological polar surface area (TPSA) is 37.4 Å². The fourth-order valence-corrected chi connectivity index (χ4v) is 4.71. The van der Waals surface area contributed by atoms with Crippen molar-refractivity contribution in [1.29, 1.82) is 0 Å². The summed E-state index contributed by atoms with van der Waals surface area (Å²) in [5.74, 6) is 0. The number of hydrogen-bond acceptors (Lipinski definition) is 2. The molecular formula is C15H12F3NO2S. The van der Waals surface area contributed by atoms with Gasteiger partial charge >= 0.3 is 6.18 Å². The average molecular weight is 327 g/mol. The Bertz CT molecular complexity index is 818. The van der Waals surface area contributed by atoms with E-state index in [0.29, 0.717) is 4.31 Å². The molecule has 1 unspecified atom stereocenters. The van der Waals surface area contributed by atoms with Crippen molar-refractivity contribution in [2.75, 3.05) is 7.05 Å². The normalized spacial score (nSPS) is 24.2. The summed E-state index contributed by atoms with van der Waals surface area (Å²) in [6, 6.07) is 12.4. The summed E-state index contributed by atoms with van der Waals surface area (Å²) in [6.45, 7) is 0. The fraction of sp³-hybridized carbons (Fsp3) is 0.200.